The van der Waals surface area contributed by atoms with Crippen LogP contribution in [0.5, 0.6) is 28.7 Å². The maximum Gasteiger partial charge on any atom is 0.251 e. The molecule has 1 N–H and O–H groups in total. The highest BCUT2D eigenvalue weighted by atomic mass is 16.5. The van der Waals surface area contributed by atoms with Crippen LogP contribution in [0.25, 0.3) is 11.0 Å². The van der Waals surface area contributed by atoms with Crippen molar-refractivity contribution in [1.29, 1.82) is 0 Å². The Labute approximate surface area is 222 Å². The highest BCUT2D eigenvalue weighted by molar-refractivity contribution is 5.95. The molecule has 0 aliphatic carbocycles. The zero-order valence-corrected chi connectivity index (χ0v) is 22.2. The number of imidazole rings is 1. The van der Waals surface area contributed by atoms with Gasteiger partial charge in [-0.1, -0.05) is 18.2 Å². The minimum atomic E-state index is -0.269. The van der Waals surface area contributed by atoms with Crippen molar-refractivity contribution in [3.63, 3.8) is 0 Å². The molecule has 0 spiro atoms. The third kappa shape index (κ3) is 6.11. The number of hydrogen-bond acceptors (Lipinski definition) is 7. The van der Waals surface area contributed by atoms with E-state index in [9.17, 15) is 4.79 Å². The van der Waals surface area contributed by atoms with Gasteiger partial charge in [-0.05, 0) is 49.2 Å². The maximum absolute atomic E-state index is 13.0. The topological polar surface area (TPSA) is 93.1 Å². The van der Waals surface area contributed by atoms with Crippen molar-refractivity contribution in [1.82, 2.24) is 14.9 Å². The van der Waals surface area contributed by atoms with Crippen LogP contribution in [0.2, 0.25) is 0 Å². The largest absolute Gasteiger partial charge is 0.497 e. The lowest BCUT2D eigenvalue weighted by molar-refractivity contribution is 0.0948. The number of ether oxygens (including phenoxy) is 5. The number of carbonyl (C=O) groups excluding carboxylic acids is 1. The van der Waals surface area contributed by atoms with Gasteiger partial charge in [0.15, 0.2) is 11.5 Å². The van der Waals surface area contributed by atoms with Crippen LogP contribution < -0.4 is 29.0 Å². The molecule has 9 nitrogen and oxygen atoms in total. The molecule has 4 rings (SSSR count). The first-order valence-electron chi connectivity index (χ1n) is 12.4. The van der Waals surface area contributed by atoms with Crippen LogP contribution in [0.1, 0.15) is 29.0 Å². The average molecular weight is 520 g/mol. The second-order valence-corrected chi connectivity index (χ2v) is 8.50. The first-order valence-corrected chi connectivity index (χ1v) is 12.4. The molecule has 3 aromatic carbocycles. The molecule has 0 radical (unpaired) electrons. The van der Waals surface area contributed by atoms with Crippen LogP contribution in [-0.4, -0.2) is 50.5 Å². The predicted octanol–water partition coefficient (Wildman–Crippen LogP) is 4.86. The zero-order valence-electron chi connectivity index (χ0n) is 22.2. The van der Waals surface area contributed by atoms with Crippen LogP contribution in [0, 0.1) is 0 Å². The summed E-state index contributed by atoms with van der Waals surface area (Å²) in [5, 5.41) is 2.98. The van der Waals surface area contributed by atoms with Gasteiger partial charge in [-0.25, -0.2) is 4.98 Å². The van der Waals surface area contributed by atoms with Crippen molar-refractivity contribution < 1.29 is 28.5 Å². The number of aryl methyl sites for hydroxylation is 1. The van der Waals surface area contributed by atoms with Crippen molar-refractivity contribution in [2.24, 2.45) is 0 Å². The number of nitrogens with one attached hydrogen (secondary N) is 1. The van der Waals surface area contributed by atoms with Crippen molar-refractivity contribution in [3.05, 3.63) is 72.1 Å². The minimum absolute atomic E-state index is 0.268. The van der Waals surface area contributed by atoms with E-state index in [0.29, 0.717) is 29.4 Å². The number of rotatable bonds is 13. The van der Waals surface area contributed by atoms with Gasteiger partial charge in [0, 0.05) is 18.2 Å². The molecular weight excluding hydrogens is 486 g/mol. The maximum atomic E-state index is 13.0. The minimum Gasteiger partial charge on any atom is -0.497 e. The number of fused-ring (bicyclic) bond motifs is 1. The molecule has 0 atom stereocenters. The molecule has 0 aliphatic heterocycles. The van der Waals surface area contributed by atoms with Gasteiger partial charge in [-0.3, -0.25) is 4.79 Å². The molecule has 1 amide bonds. The van der Waals surface area contributed by atoms with Gasteiger partial charge >= 0.3 is 0 Å². The lowest BCUT2D eigenvalue weighted by Crippen LogP contribution is -2.25. The molecule has 0 saturated heterocycles. The monoisotopic (exact) mass is 519 g/mol. The number of nitrogens with zero attached hydrogens (tertiary/aromatic N) is 2. The number of amides is 1. The normalized spacial score (nSPS) is 10.7. The van der Waals surface area contributed by atoms with E-state index in [4.69, 9.17) is 28.7 Å². The van der Waals surface area contributed by atoms with Gasteiger partial charge in [-0.2, -0.15) is 0 Å². The molecule has 0 bridgehead atoms. The zero-order chi connectivity index (χ0) is 26.9. The Bertz CT molecular complexity index is 1360. The molecular formula is C29H33N3O6. The first-order chi connectivity index (χ1) is 18.6. The second-order valence-electron chi connectivity index (χ2n) is 8.50. The molecule has 0 fully saturated rings. The van der Waals surface area contributed by atoms with E-state index in [0.717, 1.165) is 47.7 Å². The van der Waals surface area contributed by atoms with Gasteiger partial charge in [0.05, 0.1) is 52.6 Å². The molecule has 0 aliphatic rings. The summed E-state index contributed by atoms with van der Waals surface area (Å²) in [4.78, 5) is 17.8. The van der Waals surface area contributed by atoms with E-state index in [1.54, 1.807) is 19.2 Å². The summed E-state index contributed by atoms with van der Waals surface area (Å²) in [5.41, 5.74) is 2.31. The molecule has 200 valence electrons. The number of para-hydroxylation sites is 2. The second kappa shape index (κ2) is 12.7. The molecule has 1 aromatic heterocycles. The summed E-state index contributed by atoms with van der Waals surface area (Å²) >= 11 is 0. The van der Waals surface area contributed by atoms with Crippen LogP contribution >= 0.6 is 0 Å². The fraction of sp³-hybridized carbons (Fsp3) is 0.310. The quantitative estimate of drug-likeness (QED) is 0.252. The van der Waals surface area contributed by atoms with Gasteiger partial charge in [-0.15, -0.1) is 0 Å². The Morgan fingerprint density at radius 2 is 1.58 bits per heavy atom. The Kier molecular flexibility index (Phi) is 8.92. The fourth-order valence-corrected chi connectivity index (χ4v) is 4.24. The molecule has 0 saturated carbocycles. The molecule has 4 aromatic rings. The lowest BCUT2D eigenvalue weighted by Gasteiger charge is -2.14. The van der Waals surface area contributed by atoms with Crippen molar-refractivity contribution in [2.75, 3.05) is 35.0 Å². The van der Waals surface area contributed by atoms with Crippen LogP contribution in [0.15, 0.2) is 60.7 Å². The summed E-state index contributed by atoms with van der Waals surface area (Å²) in [5.74, 6) is 3.33. The number of hydrogen-bond donors (Lipinski definition) is 1. The van der Waals surface area contributed by atoms with Crippen molar-refractivity contribution in [2.45, 2.75) is 25.9 Å². The van der Waals surface area contributed by atoms with Gasteiger partial charge in [0.2, 0.25) is 5.75 Å². The smallest absolute Gasteiger partial charge is 0.251 e. The summed E-state index contributed by atoms with van der Waals surface area (Å²) in [6.45, 7) is 1.61. The van der Waals surface area contributed by atoms with Gasteiger partial charge in [0.25, 0.3) is 5.91 Å². The summed E-state index contributed by atoms with van der Waals surface area (Å²) in [6.07, 6.45) is 1.75. The van der Waals surface area contributed by atoms with E-state index in [2.05, 4.69) is 9.88 Å². The summed E-state index contributed by atoms with van der Waals surface area (Å²) < 4.78 is 29.4. The fourth-order valence-electron chi connectivity index (χ4n) is 4.24. The number of methoxy groups -OCH3 is 4. The SMILES string of the molecule is COc1cccc(OCCCCn2c(CNC(=O)c3cc(OC)c(OC)c(OC)c3)nc3ccccc32)c1. The van der Waals surface area contributed by atoms with Crippen LogP contribution in [0.4, 0.5) is 0 Å². The number of unbranched alkanes of at least 4 members (excludes halogenated alkanes) is 1. The summed E-state index contributed by atoms with van der Waals surface area (Å²) in [6, 6.07) is 18.8. The van der Waals surface area contributed by atoms with E-state index < -0.39 is 0 Å². The first kappa shape index (κ1) is 26.7. The Morgan fingerprint density at radius 3 is 2.29 bits per heavy atom. The Balaban J connectivity index is 1.41. The number of aromatic nitrogens is 2. The highest BCUT2D eigenvalue weighted by Crippen LogP contribution is 2.38. The van der Waals surface area contributed by atoms with E-state index in [-0.39, 0.29) is 12.5 Å². The molecule has 0 unspecified atom stereocenters. The van der Waals surface area contributed by atoms with Crippen LogP contribution in [-0.2, 0) is 13.1 Å². The van der Waals surface area contributed by atoms with Crippen LogP contribution in [0.3, 0.4) is 0 Å². The predicted molar refractivity (Wildman–Crippen MR) is 145 cm³/mol. The third-order valence-electron chi connectivity index (χ3n) is 6.15. The Morgan fingerprint density at radius 1 is 0.842 bits per heavy atom. The third-order valence-corrected chi connectivity index (χ3v) is 6.15. The molecule has 9 heteroatoms. The van der Waals surface area contributed by atoms with E-state index in [1.807, 2.05) is 48.5 Å². The highest BCUT2D eigenvalue weighted by Gasteiger charge is 2.18. The van der Waals surface area contributed by atoms with E-state index in [1.165, 1.54) is 21.3 Å². The standard InChI is InChI=1S/C29H33N3O6/c1-34-21-10-9-11-22(18-21)38-15-8-7-14-32-24-13-6-5-12-23(24)31-27(32)19-30-29(33)20-16-25(35-2)28(37-4)26(17-20)36-3/h5-6,9-13,16-18H,7-8,14-15,19H2,1-4H3,(H,30,33). The molecule has 1 heterocycles. The summed E-state index contributed by atoms with van der Waals surface area (Å²) in [7, 11) is 6.20. The lowest BCUT2D eigenvalue weighted by atomic mass is 10.1. The van der Waals surface area contributed by atoms with E-state index >= 15 is 0 Å². The van der Waals surface area contributed by atoms with Crippen molar-refractivity contribution in [3.8, 4) is 28.7 Å². The van der Waals surface area contributed by atoms with Gasteiger partial charge in [0.1, 0.15) is 17.3 Å². The number of carbonyl (C=O) groups is 1. The Hall–Kier alpha value is -4.40. The molecule has 38 heavy (non-hydrogen) atoms. The number of benzene rings is 3. The average Bonchev–Trinajstić information content (AvgIpc) is 3.32. The van der Waals surface area contributed by atoms with Crippen molar-refractivity contribution >= 4 is 16.9 Å². The van der Waals surface area contributed by atoms with Gasteiger partial charge < -0.3 is 33.6 Å².